The summed E-state index contributed by atoms with van der Waals surface area (Å²) >= 11 is 0. The third-order valence-corrected chi connectivity index (χ3v) is 3.12. The zero-order chi connectivity index (χ0) is 13.8. The molecular formula is C14H14N2O3. The van der Waals surface area contributed by atoms with Gasteiger partial charge in [-0.25, -0.2) is 4.79 Å². The second-order valence-electron chi connectivity index (χ2n) is 4.33. The van der Waals surface area contributed by atoms with Crippen molar-refractivity contribution in [3.63, 3.8) is 0 Å². The number of amides is 2. The third-order valence-electron chi connectivity index (χ3n) is 3.12. The monoisotopic (exact) mass is 258 g/mol. The molecule has 2 N–H and O–H groups in total. The lowest BCUT2D eigenvalue weighted by molar-refractivity contribution is -0.139. The van der Waals surface area contributed by atoms with E-state index in [0.29, 0.717) is 6.54 Å². The van der Waals surface area contributed by atoms with Crippen molar-refractivity contribution in [2.24, 2.45) is 0 Å². The predicted octanol–water partition coefficient (Wildman–Crippen LogP) is 1.01. The molecule has 0 aromatic heterocycles. The molecule has 1 unspecified atom stereocenters. The van der Waals surface area contributed by atoms with Gasteiger partial charge in [0, 0.05) is 13.1 Å². The molecule has 0 saturated carbocycles. The molecule has 0 bridgehead atoms. The first-order chi connectivity index (χ1) is 9.13. The number of hydrogen-bond acceptors (Lipinski definition) is 2. The third kappa shape index (κ3) is 2.68. The maximum absolute atomic E-state index is 11.9. The van der Waals surface area contributed by atoms with Gasteiger partial charge in [0.25, 0.3) is 0 Å². The van der Waals surface area contributed by atoms with Crippen LogP contribution in [0.15, 0.2) is 24.3 Å². The van der Waals surface area contributed by atoms with Gasteiger partial charge in [0.05, 0.1) is 12.5 Å². The van der Waals surface area contributed by atoms with Gasteiger partial charge in [0.1, 0.15) is 0 Å². The average Bonchev–Trinajstić information content (AvgIpc) is 2.43. The van der Waals surface area contributed by atoms with Gasteiger partial charge in [0.2, 0.25) is 0 Å². The molecule has 1 aromatic rings. The van der Waals surface area contributed by atoms with Crippen LogP contribution in [0.25, 0.3) is 0 Å². The lowest BCUT2D eigenvalue weighted by Crippen LogP contribution is -2.45. The number of terminal acetylenes is 1. The highest BCUT2D eigenvalue weighted by molar-refractivity contribution is 5.81. The van der Waals surface area contributed by atoms with E-state index >= 15 is 0 Å². The number of nitrogens with zero attached hydrogens (tertiary/aromatic N) is 1. The maximum atomic E-state index is 11.9. The number of carboxylic acid groups (broad SMARTS) is 1. The van der Waals surface area contributed by atoms with E-state index in [4.69, 9.17) is 6.42 Å². The smallest absolute Gasteiger partial charge is 0.318 e. The molecule has 5 nitrogen and oxygen atoms in total. The fourth-order valence-electron chi connectivity index (χ4n) is 2.21. The fraction of sp³-hybridized carbons (Fsp3) is 0.286. The molecule has 1 heterocycles. The summed E-state index contributed by atoms with van der Waals surface area (Å²) in [5.41, 5.74) is 1.63. The number of benzene rings is 1. The summed E-state index contributed by atoms with van der Waals surface area (Å²) in [5.74, 6) is 0.694. The molecule has 1 aliphatic heterocycles. The van der Waals surface area contributed by atoms with E-state index < -0.39 is 11.9 Å². The molecule has 1 aliphatic rings. The van der Waals surface area contributed by atoms with Crippen LogP contribution in [-0.4, -0.2) is 35.1 Å². The molecule has 0 spiro atoms. The van der Waals surface area contributed by atoms with Crippen LogP contribution in [0.1, 0.15) is 17.0 Å². The van der Waals surface area contributed by atoms with E-state index in [1.165, 1.54) is 4.90 Å². The molecule has 2 rings (SSSR count). The molecule has 0 fully saturated rings. The minimum atomic E-state index is -0.929. The summed E-state index contributed by atoms with van der Waals surface area (Å²) < 4.78 is 0. The Hall–Kier alpha value is -2.48. The van der Waals surface area contributed by atoms with Crippen molar-refractivity contribution < 1.29 is 14.7 Å². The number of carbonyl (C=O) groups excluding carboxylic acids is 1. The number of nitrogens with one attached hydrogen (secondary N) is 1. The Labute approximate surface area is 111 Å². The second-order valence-corrected chi connectivity index (χ2v) is 4.33. The zero-order valence-corrected chi connectivity index (χ0v) is 10.3. The van der Waals surface area contributed by atoms with Gasteiger partial charge in [0.15, 0.2) is 0 Å². The van der Waals surface area contributed by atoms with Crippen LogP contribution in [0.3, 0.4) is 0 Å². The molecule has 0 radical (unpaired) electrons. The van der Waals surface area contributed by atoms with E-state index in [-0.39, 0.29) is 19.1 Å². The molecule has 0 saturated heterocycles. The number of hydrogen-bond donors (Lipinski definition) is 2. The van der Waals surface area contributed by atoms with Crippen LogP contribution in [0.4, 0.5) is 4.79 Å². The highest BCUT2D eigenvalue weighted by Crippen LogP contribution is 2.28. The first-order valence-corrected chi connectivity index (χ1v) is 5.90. The predicted molar refractivity (Wildman–Crippen MR) is 69.5 cm³/mol. The van der Waals surface area contributed by atoms with E-state index in [9.17, 15) is 14.7 Å². The molecule has 0 aliphatic carbocycles. The Bertz CT molecular complexity index is 548. The normalized spacial score (nSPS) is 17.2. The Morgan fingerprint density at radius 2 is 2.21 bits per heavy atom. The van der Waals surface area contributed by atoms with E-state index in [1.54, 1.807) is 6.07 Å². The van der Waals surface area contributed by atoms with Gasteiger partial charge in [-0.1, -0.05) is 30.2 Å². The summed E-state index contributed by atoms with van der Waals surface area (Å²) in [6.45, 7) is 0.688. The van der Waals surface area contributed by atoms with Crippen molar-refractivity contribution in [2.75, 3.05) is 13.1 Å². The number of fused-ring (bicyclic) bond motifs is 1. The van der Waals surface area contributed by atoms with Gasteiger partial charge < -0.3 is 15.3 Å². The van der Waals surface area contributed by atoms with Crippen molar-refractivity contribution >= 4 is 12.0 Å². The second kappa shape index (κ2) is 5.44. The van der Waals surface area contributed by atoms with Crippen LogP contribution < -0.4 is 5.32 Å². The Morgan fingerprint density at radius 1 is 1.47 bits per heavy atom. The van der Waals surface area contributed by atoms with Gasteiger partial charge in [-0.3, -0.25) is 4.79 Å². The SMILES string of the molecule is C#CCNC(=O)N1Cc2ccccc2C(C(=O)O)C1. The number of urea groups is 1. The van der Waals surface area contributed by atoms with E-state index in [2.05, 4.69) is 11.2 Å². The lowest BCUT2D eigenvalue weighted by atomic mass is 9.90. The number of aliphatic carboxylic acids is 1. The highest BCUT2D eigenvalue weighted by atomic mass is 16.4. The summed E-state index contributed by atoms with van der Waals surface area (Å²) in [7, 11) is 0. The highest BCUT2D eigenvalue weighted by Gasteiger charge is 2.32. The van der Waals surface area contributed by atoms with Crippen LogP contribution in [0.5, 0.6) is 0 Å². The van der Waals surface area contributed by atoms with Gasteiger partial charge >= 0.3 is 12.0 Å². The van der Waals surface area contributed by atoms with Crippen molar-refractivity contribution in [3.8, 4) is 12.3 Å². The Balaban J connectivity index is 2.23. The van der Waals surface area contributed by atoms with Gasteiger partial charge in [-0.15, -0.1) is 6.42 Å². The minimum Gasteiger partial charge on any atom is -0.481 e. The van der Waals surface area contributed by atoms with Crippen molar-refractivity contribution in [2.45, 2.75) is 12.5 Å². The number of rotatable bonds is 2. The zero-order valence-electron chi connectivity index (χ0n) is 10.3. The molecule has 1 atom stereocenters. The summed E-state index contributed by atoms with van der Waals surface area (Å²) in [6.07, 6.45) is 5.08. The van der Waals surface area contributed by atoms with E-state index in [1.807, 2.05) is 18.2 Å². The van der Waals surface area contributed by atoms with Crippen LogP contribution in [-0.2, 0) is 11.3 Å². The first kappa shape index (κ1) is 13.0. The van der Waals surface area contributed by atoms with Gasteiger partial charge in [-0.2, -0.15) is 0 Å². The van der Waals surface area contributed by atoms with Gasteiger partial charge in [-0.05, 0) is 11.1 Å². The molecule has 98 valence electrons. The first-order valence-electron chi connectivity index (χ1n) is 5.90. The minimum absolute atomic E-state index is 0.134. The average molecular weight is 258 g/mol. The summed E-state index contributed by atoms with van der Waals surface area (Å²) in [4.78, 5) is 24.6. The fourth-order valence-corrected chi connectivity index (χ4v) is 2.21. The Morgan fingerprint density at radius 3 is 2.89 bits per heavy atom. The number of carbonyl (C=O) groups is 2. The van der Waals surface area contributed by atoms with Crippen LogP contribution in [0, 0.1) is 12.3 Å². The summed E-state index contributed by atoms with van der Waals surface area (Å²) in [5, 5.41) is 11.8. The molecule has 5 heteroatoms. The van der Waals surface area contributed by atoms with Crippen LogP contribution in [0.2, 0.25) is 0 Å². The van der Waals surface area contributed by atoms with E-state index in [0.717, 1.165) is 11.1 Å². The maximum Gasteiger partial charge on any atom is 0.318 e. The lowest BCUT2D eigenvalue weighted by Gasteiger charge is -2.32. The topological polar surface area (TPSA) is 69.6 Å². The van der Waals surface area contributed by atoms with Crippen molar-refractivity contribution in [3.05, 3.63) is 35.4 Å². The number of carboxylic acids is 1. The molecule has 2 amide bonds. The van der Waals surface area contributed by atoms with Crippen LogP contribution >= 0.6 is 0 Å². The largest absolute Gasteiger partial charge is 0.481 e. The molecule has 19 heavy (non-hydrogen) atoms. The van der Waals surface area contributed by atoms with Crippen molar-refractivity contribution in [1.29, 1.82) is 0 Å². The molecule has 1 aromatic carbocycles. The molecular weight excluding hydrogens is 244 g/mol. The quantitative estimate of drug-likeness (QED) is 0.778. The standard InChI is InChI=1S/C14H14N2O3/c1-2-7-15-14(19)16-8-10-5-3-4-6-11(10)12(9-16)13(17)18/h1,3-6,12H,7-9H2,(H,15,19)(H,17,18). The van der Waals surface area contributed by atoms with Crippen molar-refractivity contribution in [1.82, 2.24) is 10.2 Å². The summed E-state index contributed by atoms with van der Waals surface area (Å²) in [6, 6.07) is 6.94. The Kier molecular flexibility index (Phi) is 3.71.